The van der Waals surface area contributed by atoms with Crippen molar-refractivity contribution < 1.29 is 18.0 Å². The molecule has 0 aliphatic carbocycles. The lowest BCUT2D eigenvalue weighted by Crippen LogP contribution is -2.33. The Morgan fingerprint density at radius 1 is 1.50 bits per heavy atom. The third kappa shape index (κ3) is 6.22. The lowest BCUT2D eigenvalue weighted by Gasteiger charge is -2.10. The Labute approximate surface area is 96.5 Å². The van der Waals surface area contributed by atoms with Gasteiger partial charge in [0.15, 0.2) is 0 Å². The van der Waals surface area contributed by atoms with Crippen LogP contribution in [-0.2, 0) is 4.79 Å². The zero-order chi connectivity index (χ0) is 12.0. The Balaban J connectivity index is 2.02. The molecule has 2 N–H and O–H groups in total. The molecule has 0 aromatic rings. The average Bonchev–Trinajstić information content (AvgIpc) is 2.63. The summed E-state index contributed by atoms with van der Waals surface area (Å²) in [7, 11) is 0. The highest BCUT2D eigenvalue weighted by molar-refractivity contribution is 8.00. The maximum absolute atomic E-state index is 11.7. The summed E-state index contributed by atoms with van der Waals surface area (Å²) in [6.07, 6.45) is 2.38. The maximum atomic E-state index is 11.7. The minimum absolute atomic E-state index is 0.0652. The van der Waals surface area contributed by atoms with Crippen molar-refractivity contribution in [2.24, 2.45) is 0 Å². The highest BCUT2D eigenvalue weighted by Crippen LogP contribution is 2.29. The third-order valence-corrected chi connectivity index (χ3v) is 3.02. The fourth-order valence-corrected chi connectivity index (χ4v) is 2.02. The number of hydrogen-bond acceptors (Lipinski definition) is 3. The second-order valence-corrected chi connectivity index (χ2v) is 4.80. The number of amides is 1. The fourth-order valence-electron chi connectivity index (χ4n) is 1.58. The number of hydrogen-bond donors (Lipinski definition) is 2. The van der Waals surface area contributed by atoms with E-state index in [9.17, 15) is 18.0 Å². The summed E-state index contributed by atoms with van der Waals surface area (Å²) < 4.78 is 35.2. The average molecular weight is 256 g/mol. The Morgan fingerprint density at radius 3 is 2.81 bits per heavy atom. The molecule has 0 saturated carbocycles. The zero-order valence-electron chi connectivity index (χ0n) is 8.77. The highest BCUT2D eigenvalue weighted by atomic mass is 32.2. The van der Waals surface area contributed by atoms with Crippen LogP contribution in [0.1, 0.15) is 19.3 Å². The Bertz CT molecular complexity index is 229. The minimum atomic E-state index is -4.21. The predicted octanol–water partition coefficient (Wildman–Crippen LogP) is 1.50. The molecule has 1 rings (SSSR count). The SMILES string of the molecule is O=C(CC1CCCN1)NCCSC(F)(F)F. The van der Waals surface area contributed by atoms with Gasteiger partial charge in [-0.25, -0.2) is 0 Å². The molecule has 3 nitrogen and oxygen atoms in total. The van der Waals surface area contributed by atoms with Crippen molar-refractivity contribution in [3.63, 3.8) is 0 Å². The van der Waals surface area contributed by atoms with Crippen LogP contribution in [0, 0.1) is 0 Å². The molecule has 0 spiro atoms. The fraction of sp³-hybridized carbons (Fsp3) is 0.889. The summed E-state index contributed by atoms with van der Waals surface area (Å²) in [4.78, 5) is 11.3. The van der Waals surface area contributed by atoms with Gasteiger partial charge in [0.05, 0.1) is 0 Å². The summed E-state index contributed by atoms with van der Waals surface area (Å²) in [5.41, 5.74) is -4.21. The van der Waals surface area contributed by atoms with Crippen molar-refractivity contribution in [3.8, 4) is 0 Å². The summed E-state index contributed by atoms with van der Waals surface area (Å²) >= 11 is -0.112. The minimum Gasteiger partial charge on any atom is -0.355 e. The molecule has 1 amide bonds. The number of halogens is 3. The van der Waals surface area contributed by atoms with Crippen molar-refractivity contribution in [2.75, 3.05) is 18.8 Å². The molecule has 94 valence electrons. The number of nitrogens with one attached hydrogen (secondary N) is 2. The summed E-state index contributed by atoms with van der Waals surface area (Å²) in [5, 5.41) is 5.64. The normalized spacial score (nSPS) is 21.1. The van der Waals surface area contributed by atoms with Crippen LogP contribution in [0.4, 0.5) is 13.2 Å². The van der Waals surface area contributed by atoms with E-state index in [0.29, 0.717) is 6.42 Å². The molecule has 16 heavy (non-hydrogen) atoms. The van der Waals surface area contributed by atoms with Gasteiger partial charge in [-0.15, -0.1) is 0 Å². The first-order valence-corrected chi connectivity index (χ1v) is 6.17. The van der Waals surface area contributed by atoms with Gasteiger partial charge in [-0.3, -0.25) is 4.79 Å². The monoisotopic (exact) mass is 256 g/mol. The van der Waals surface area contributed by atoms with E-state index in [2.05, 4.69) is 10.6 Å². The second kappa shape index (κ2) is 6.34. The largest absolute Gasteiger partial charge is 0.441 e. The van der Waals surface area contributed by atoms with E-state index in [0.717, 1.165) is 19.4 Å². The lowest BCUT2D eigenvalue weighted by atomic mass is 10.1. The van der Waals surface area contributed by atoms with E-state index in [1.54, 1.807) is 0 Å². The van der Waals surface area contributed by atoms with Gasteiger partial charge in [0, 0.05) is 24.8 Å². The first kappa shape index (κ1) is 13.6. The summed E-state index contributed by atoms with van der Waals surface area (Å²) in [5.74, 6) is -0.310. The van der Waals surface area contributed by atoms with Crippen LogP contribution in [0.3, 0.4) is 0 Å². The van der Waals surface area contributed by atoms with Crippen molar-refractivity contribution in [1.82, 2.24) is 10.6 Å². The molecule has 1 atom stereocenters. The van der Waals surface area contributed by atoms with E-state index in [-0.39, 0.29) is 36.0 Å². The first-order chi connectivity index (χ1) is 7.47. The number of thioether (sulfide) groups is 1. The van der Waals surface area contributed by atoms with E-state index in [1.807, 2.05) is 0 Å². The van der Waals surface area contributed by atoms with Crippen LogP contribution in [0.2, 0.25) is 0 Å². The zero-order valence-corrected chi connectivity index (χ0v) is 9.59. The van der Waals surface area contributed by atoms with E-state index in [4.69, 9.17) is 0 Å². The van der Waals surface area contributed by atoms with Gasteiger partial charge in [-0.1, -0.05) is 0 Å². The van der Waals surface area contributed by atoms with Gasteiger partial charge in [0.1, 0.15) is 0 Å². The van der Waals surface area contributed by atoms with Crippen LogP contribution < -0.4 is 10.6 Å². The van der Waals surface area contributed by atoms with Gasteiger partial charge in [-0.2, -0.15) is 13.2 Å². The molecule has 0 aromatic carbocycles. The molecular formula is C9H15F3N2OS. The second-order valence-electron chi connectivity index (χ2n) is 3.64. The Kier molecular flexibility index (Phi) is 5.40. The number of alkyl halides is 3. The summed E-state index contributed by atoms with van der Waals surface area (Å²) in [6, 6.07) is 0.190. The van der Waals surface area contributed by atoms with Crippen molar-refractivity contribution in [1.29, 1.82) is 0 Å². The maximum Gasteiger partial charge on any atom is 0.441 e. The van der Waals surface area contributed by atoms with Crippen molar-refractivity contribution in [2.45, 2.75) is 30.8 Å². The van der Waals surface area contributed by atoms with Gasteiger partial charge in [0.25, 0.3) is 0 Å². The Hall–Kier alpha value is -0.430. The molecule has 0 radical (unpaired) electrons. The van der Waals surface area contributed by atoms with Gasteiger partial charge >= 0.3 is 5.51 Å². The standard InChI is InChI=1S/C9H15F3N2OS/c10-9(11,12)16-5-4-14-8(15)6-7-2-1-3-13-7/h7,13H,1-6H2,(H,14,15). The number of rotatable bonds is 5. The summed E-state index contributed by atoms with van der Waals surface area (Å²) in [6.45, 7) is 0.984. The molecule has 0 aromatic heterocycles. The van der Waals surface area contributed by atoms with Crippen LogP contribution in [0.25, 0.3) is 0 Å². The number of carbonyl (C=O) groups excluding carboxylic acids is 1. The van der Waals surface area contributed by atoms with Crippen LogP contribution in [-0.4, -0.2) is 36.3 Å². The van der Waals surface area contributed by atoms with Crippen LogP contribution in [0.15, 0.2) is 0 Å². The highest BCUT2D eigenvalue weighted by Gasteiger charge is 2.27. The molecule has 1 aliphatic heterocycles. The van der Waals surface area contributed by atoms with E-state index in [1.165, 1.54) is 0 Å². The molecule has 7 heteroatoms. The van der Waals surface area contributed by atoms with Crippen LogP contribution >= 0.6 is 11.8 Å². The van der Waals surface area contributed by atoms with E-state index >= 15 is 0 Å². The molecule has 1 heterocycles. The van der Waals surface area contributed by atoms with Gasteiger partial charge in [-0.05, 0) is 31.1 Å². The van der Waals surface area contributed by atoms with Gasteiger partial charge in [0.2, 0.25) is 5.91 Å². The molecule has 1 fully saturated rings. The predicted molar refractivity (Wildman–Crippen MR) is 57.2 cm³/mol. The van der Waals surface area contributed by atoms with Crippen molar-refractivity contribution >= 4 is 17.7 Å². The van der Waals surface area contributed by atoms with Crippen LogP contribution in [0.5, 0.6) is 0 Å². The molecule has 1 unspecified atom stereocenters. The smallest absolute Gasteiger partial charge is 0.355 e. The van der Waals surface area contributed by atoms with Gasteiger partial charge < -0.3 is 10.6 Å². The molecular weight excluding hydrogens is 241 g/mol. The lowest BCUT2D eigenvalue weighted by molar-refractivity contribution is -0.121. The van der Waals surface area contributed by atoms with Crippen molar-refractivity contribution in [3.05, 3.63) is 0 Å². The first-order valence-electron chi connectivity index (χ1n) is 5.18. The number of carbonyl (C=O) groups is 1. The quantitative estimate of drug-likeness (QED) is 0.732. The third-order valence-electron chi connectivity index (χ3n) is 2.28. The Morgan fingerprint density at radius 2 is 2.25 bits per heavy atom. The van der Waals surface area contributed by atoms with E-state index < -0.39 is 5.51 Å². The molecule has 1 aliphatic rings. The molecule has 0 bridgehead atoms. The molecule has 1 saturated heterocycles. The topological polar surface area (TPSA) is 41.1 Å².